The molecule has 0 aliphatic heterocycles. The van der Waals surface area contributed by atoms with Gasteiger partial charge in [0.1, 0.15) is 0 Å². The fourth-order valence-corrected chi connectivity index (χ4v) is 1.38. The fraction of sp³-hybridized carbons (Fsp3) is 0. The van der Waals surface area contributed by atoms with Crippen molar-refractivity contribution in [2.24, 2.45) is 5.16 Å². The van der Waals surface area contributed by atoms with E-state index in [0.29, 0.717) is 4.34 Å². The van der Waals surface area contributed by atoms with E-state index in [1.165, 1.54) is 17.6 Å². The maximum absolute atomic E-state index is 8.06. The molecule has 1 heterocycles. The van der Waals surface area contributed by atoms with E-state index >= 15 is 0 Å². The van der Waals surface area contributed by atoms with Gasteiger partial charge in [-0.05, 0) is 12.1 Å². The van der Waals surface area contributed by atoms with Crippen LogP contribution in [-0.4, -0.2) is 11.4 Å². The summed E-state index contributed by atoms with van der Waals surface area (Å²) in [6.45, 7) is 0. The Morgan fingerprint density at radius 2 is 2.44 bits per heavy atom. The maximum Gasteiger partial charge on any atom is 0.0935 e. The molecule has 0 saturated carbocycles. The fourth-order valence-electron chi connectivity index (χ4n) is 0.455. The Morgan fingerprint density at radius 1 is 1.67 bits per heavy atom. The lowest BCUT2D eigenvalue weighted by Crippen LogP contribution is -1.67. The molecule has 0 saturated heterocycles. The van der Waals surface area contributed by atoms with E-state index in [1.807, 2.05) is 0 Å². The second kappa shape index (κ2) is 2.85. The summed E-state index contributed by atoms with van der Waals surface area (Å²) in [5.74, 6) is 0. The van der Waals surface area contributed by atoms with Crippen LogP contribution in [0.4, 0.5) is 0 Å². The first kappa shape index (κ1) is 6.58. The highest BCUT2D eigenvalue weighted by atomic mass is 35.5. The van der Waals surface area contributed by atoms with Crippen molar-refractivity contribution in [2.75, 3.05) is 0 Å². The van der Waals surface area contributed by atoms with Crippen LogP contribution < -0.4 is 0 Å². The van der Waals surface area contributed by atoms with Crippen molar-refractivity contribution in [3.8, 4) is 0 Å². The molecule has 0 bridgehead atoms. The van der Waals surface area contributed by atoms with Gasteiger partial charge in [0.2, 0.25) is 0 Å². The van der Waals surface area contributed by atoms with E-state index in [-0.39, 0.29) is 0 Å². The average molecular weight is 162 g/mol. The smallest absolute Gasteiger partial charge is 0.0935 e. The number of rotatable bonds is 1. The molecule has 0 amide bonds. The van der Waals surface area contributed by atoms with Crippen molar-refractivity contribution >= 4 is 29.2 Å². The second-order valence-electron chi connectivity index (χ2n) is 1.39. The molecule has 0 aliphatic rings. The molecule has 2 nitrogen and oxygen atoms in total. The minimum Gasteiger partial charge on any atom is -0.411 e. The third kappa shape index (κ3) is 1.69. The van der Waals surface area contributed by atoms with Gasteiger partial charge in [0.15, 0.2) is 0 Å². The zero-order valence-corrected chi connectivity index (χ0v) is 5.99. The Hall–Kier alpha value is -0.540. The molecule has 0 spiro atoms. The number of thiophene rings is 1. The summed E-state index contributed by atoms with van der Waals surface area (Å²) >= 11 is 6.94. The molecule has 0 fully saturated rings. The van der Waals surface area contributed by atoms with Crippen LogP contribution in [0.1, 0.15) is 4.88 Å². The van der Waals surface area contributed by atoms with Crippen LogP contribution >= 0.6 is 22.9 Å². The van der Waals surface area contributed by atoms with Gasteiger partial charge in [-0.25, -0.2) is 0 Å². The lowest BCUT2D eigenvalue weighted by atomic mass is 10.5. The van der Waals surface area contributed by atoms with Crippen LogP contribution in [0.2, 0.25) is 4.34 Å². The van der Waals surface area contributed by atoms with E-state index in [4.69, 9.17) is 16.8 Å². The van der Waals surface area contributed by atoms with Crippen molar-refractivity contribution in [1.82, 2.24) is 0 Å². The van der Waals surface area contributed by atoms with Crippen LogP contribution in [0.3, 0.4) is 0 Å². The Labute approximate surface area is 61.4 Å². The average Bonchev–Trinajstić information content (AvgIpc) is 2.17. The van der Waals surface area contributed by atoms with Crippen molar-refractivity contribution in [3.05, 3.63) is 21.3 Å². The van der Waals surface area contributed by atoms with Crippen molar-refractivity contribution < 1.29 is 5.21 Å². The second-order valence-corrected chi connectivity index (χ2v) is 3.13. The Kier molecular flexibility index (Phi) is 2.08. The predicted octanol–water partition coefficient (Wildman–Crippen LogP) is 2.21. The number of nitrogens with zero attached hydrogens (tertiary/aromatic N) is 1. The first-order valence-corrected chi connectivity index (χ1v) is 3.45. The van der Waals surface area contributed by atoms with Crippen LogP contribution in [0, 0.1) is 0 Å². The SMILES string of the molecule is O/N=C\c1ccc(Cl)s1. The molecule has 1 N–H and O–H groups in total. The van der Waals surface area contributed by atoms with E-state index in [2.05, 4.69) is 5.16 Å². The molecule has 48 valence electrons. The number of hydrogen-bond acceptors (Lipinski definition) is 3. The summed E-state index contributed by atoms with van der Waals surface area (Å²) in [6.07, 6.45) is 1.34. The van der Waals surface area contributed by atoms with Gasteiger partial charge >= 0.3 is 0 Å². The number of halogens is 1. The molecule has 4 heteroatoms. The van der Waals surface area contributed by atoms with Gasteiger partial charge in [-0.15, -0.1) is 11.3 Å². The van der Waals surface area contributed by atoms with Crippen LogP contribution in [0.25, 0.3) is 0 Å². The van der Waals surface area contributed by atoms with Gasteiger partial charge < -0.3 is 5.21 Å². The highest BCUT2D eigenvalue weighted by Crippen LogP contribution is 2.19. The molecular weight excluding hydrogens is 158 g/mol. The van der Waals surface area contributed by atoms with E-state index in [0.717, 1.165) is 4.88 Å². The molecule has 0 aliphatic carbocycles. The predicted molar refractivity (Wildman–Crippen MR) is 38.7 cm³/mol. The van der Waals surface area contributed by atoms with Crippen LogP contribution in [-0.2, 0) is 0 Å². The van der Waals surface area contributed by atoms with Crippen molar-refractivity contribution in [1.29, 1.82) is 0 Å². The number of hydrogen-bond donors (Lipinski definition) is 1. The summed E-state index contributed by atoms with van der Waals surface area (Å²) in [5, 5.41) is 10.9. The third-order valence-electron chi connectivity index (χ3n) is 0.779. The quantitative estimate of drug-likeness (QED) is 0.382. The first-order valence-electron chi connectivity index (χ1n) is 2.25. The highest BCUT2D eigenvalue weighted by Gasteiger charge is 1.91. The molecule has 1 aromatic heterocycles. The zero-order valence-electron chi connectivity index (χ0n) is 4.41. The van der Waals surface area contributed by atoms with Gasteiger partial charge in [-0.2, -0.15) is 0 Å². The summed E-state index contributed by atoms with van der Waals surface area (Å²) in [4.78, 5) is 0.850. The van der Waals surface area contributed by atoms with E-state index in [1.54, 1.807) is 12.1 Å². The molecule has 0 aromatic carbocycles. The van der Waals surface area contributed by atoms with Gasteiger partial charge in [-0.1, -0.05) is 16.8 Å². The van der Waals surface area contributed by atoms with Crippen LogP contribution in [0.5, 0.6) is 0 Å². The minimum absolute atomic E-state index is 0.699. The van der Waals surface area contributed by atoms with E-state index in [9.17, 15) is 0 Å². The summed E-state index contributed by atoms with van der Waals surface area (Å²) in [5.41, 5.74) is 0. The minimum atomic E-state index is 0.699. The van der Waals surface area contributed by atoms with Gasteiger partial charge in [0.05, 0.1) is 15.4 Å². The van der Waals surface area contributed by atoms with Gasteiger partial charge in [-0.3, -0.25) is 0 Å². The molecule has 0 radical (unpaired) electrons. The molecule has 1 aromatic rings. The molecule has 9 heavy (non-hydrogen) atoms. The summed E-state index contributed by atoms with van der Waals surface area (Å²) < 4.78 is 0.699. The van der Waals surface area contributed by atoms with E-state index < -0.39 is 0 Å². The molecular formula is C5H4ClNOS. The van der Waals surface area contributed by atoms with Gasteiger partial charge in [0.25, 0.3) is 0 Å². The first-order chi connectivity index (χ1) is 4.33. The Bertz CT molecular complexity index is 220. The topological polar surface area (TPSA) is 32.6 Å². The van der Waals surface area contributed by atoms with Crippen molar-refractivity contribution in [2.45, 2.75) is 0 Å². The highest BCUT2D eigenvalue weighted by molar-refractivity contribution is 7.17. The Balaban J connectivity index is 2.85. The zero-order chi connectivity index (χ0) is 6.69. The maximum atomic E-state index is 8.06. The molecule has 0 unspecified atom stereocenters. The molecule has 0 atom stereocenters. The summed E-state index contributed by atoms with van der Waals surface area (Å²) in [7, 11) is 0. The lowest BCUT2D eigenvalue weighted by molar-refractivity contribution is 0.322. The monoisotopic (exact) mass is 161 g/mol. The lowest BCUT2D eigenvalue weighted by Gasteiger charge is -1.74. The number of oxime groups is 1. The van der Waals surface area contributed by atoms with Crippen LogP contribution in [0.15, 0.2) is 17.3 Å². The standard InChI is InChI=1S/C5H4ClNOS/c6-5-2-1-4(9-5)3-7-8/h1-3,8H/b7-3-. The third-order valence-corrected chi connectivity index (χ3v) is 1.94. The summed E-state index contributed by atoms with van der Waals surface area (Å²) in [6, 6.07) is 3.54. The van der Waals surface area contributed by atoms with Crippen molar-refractivity contribution in [3.63, 3.8) is 0 Å². The largest absolute Gasteiger partial charge is 0.411 e. The molecule has 1 rings (SSSR count). The van der Waals surface area contributed by atoms with Gasteiger partial charge in [0, 0.05) is 0 Å². The normalized spacial score (nSPS) is 10.8. The Morgan fingerprint density at radius 3 is 2.89 bits per heavy atom.